The lowest BCUT2D eigenvalue weighted by atomic mass is 9.85. The summed E-state index contributed by atoms with van der Waals surface area (Å²) in [6.07, 6.45) is 0.914. The first-order valence-corrected chi connectivity index (χ1v) is 14.5. The van der Waals surface area contributed by atoms with Gasteiger partial charge in [-0.15, -0.1) is 4.31 Å². The summed E-state index contributed by atoms with van der Waals surface area (Å²) in [5.41, 5.74) is -1.34. The highest BCUT2D eigenvalue weighted by Gasteiger charge is 2.55. The lowest BCUT2D eigenvalue weighted by Crippen LogP contribution is -2.58. The topological polar surface area (TPSA) is 97.3 Å². The molecule has 2 saturated heterocycles. The van der Waals surface area contributed by atoms with Crippen molar-refractivity contribution in [2.45, 2.75) is 67.6 Å². The molecular weight excluding hydrogens is 533 g/mol. The highest BCUT2D eigenvalue weighted by molar-refractivity contribution is 7.95. The van der Waals surface area contributed by atoms with Gasteiger partial charge < -0.3 is 9.29 Å². The van der Waals surface area contributed by atoms with Gasteiger partial charge in [0.1, 0.15) is 17.1 Å². The van der Waals surface area contributed by atoms with Gasteiger partial charge in [-0.3, -0.25) is 15.2 Å². The van der Waals surface area contributed by atoms with Gasteiger partial charge in [-0.05, 0) is 49.9 Å². The fourth-order valence-corrected chi connectivity index (χ4v) is 7.26. The van der Waals surface area contributed by atoms with Crippen LogP contribution < -0.4 is 15.0 Å². The number of methoxy groups -OCH3 is 1. The van der Waals surface area contributed by atoms with Crippen molar-refractivity contribution in [2.75, 3.05) is 25.1 Å². The quantitative estimate of drug-likeness (QED) is 0.491. The zero-order valence-electron chi connectivity index (χ0n) is 21.6. The number of amides is 2. The number of sulfonamides is 1. The number of rotatable bonds is 5. The van der Waals surface area contributed by atoms with Crippen molar-refractivity contribution >= 4 is 28.0 Å². The van der Waals surface area contributed by atoms with E-state index in [0.29, 0.717) is 23.3 Å². The number of halogens is 3. The number of alkyl halides is 3. The van der Waals surface area contributed by atoms with Crippen LogP contribution >= 0.6 is 0 Å². The molecule has 2 aromatic carbocycles. The normalized spacial score (nSPS) is 23.2. The van der Waals surface area contributed by atoms with Crippen LogP contribution in [-0.4, -0.2) is 52.5 Å². The van der Waals surface area contributed by atoms with Crippen molar-refractivity contribution < 1.29 is 31.5 Å². The summed E-state index contributed by atoms with van der Waals surface area (Å²) in [4.78, 5) is 19.6. The number of carbonyl (C=O) groups is 1. The maximum absolute atomic E-state index is 13.4. The summed E-state index contributed by atoms with van der Waals surface area (Å²) in [6, 6.07) is 10.6. The fourth-order valence-electron chi connectivity index (χ4n) is 5.77. The fraction of sp³-hybridized carbons (Fsp3) is 0.481. The third kappa shape index (κ3) is 5.29. The summed E-state index contributed by atoms with van der Waals surface area (Å²) in [6.45, 7) is 0.0232. The maximum Gasteiger partial charge on any atom is 0.416 e. The van der Waals surface area contributed by atoms with Crippen molar-refractivity contribution in [1.82, 2.24) is 9.62 Å². The SMILES string of the molecule is COc1cccc(N2C(=O)NC(=NC3CCCCC3)C23CCN([S+](=O)([O-])c2cccc(C(F)(F)F)c2)CC3)c1. The summed E-state index contributed by atoms with van der Waals surface area (Å²) >= 11 is 0. The Morgan fingerprint density at radius 1 is 1.08 bits per heavy atom. The maximum atomic E-state index is 13.4. The van der Waals surface area contributed by atoms with Gasteiger partial charge in [-0.1, -0.05) is 35.6 Å². The molecule has 0 radical (unpaired) electrons. The van der Waals surface area contributed by atoms with Crippen molar-refractivity contribution in [3.63, 3.8) is 0 Å². The summed E-state index contributed by atoms with van der Waals surface area (Å²) in [5, 5.41) is 2.96. The molecule has 2 amide bonds. The Kier molecular flexibility index (Phi) is 7.47. The van der Waals surface area contributed by atoms with E-state index in [0.717, 1.165) is 44.2 Å². The minimum Gasteiger partial charge on any atom is -0.593 e. The minimum atomic E-state index is -4.66. The Labute approximate surface area is 226 Å². The van der Waals surface area contributed by atoms with Crippen LogP contribution in [0.1, 0.15) is 50.5 Å². The third-order valence-corrected chi connectivity index (χ3v) is 9.74. The van der Waals surface area contributed by atoms with E-state index in [-0.39, 0.29) is 38.0 Å². The first-order chi connectivity index (χ1) is 18.5. The Bertz CT molecular complexity index is 1300. The number of nitrogens with zero attached hydrogens (tertiary/aromatic N) is 3. The smallest absolute Gasteiger partial charge is 0.416 e. The number of benzene rings is 2. The lowest BCUT2D eigenvalue weighted by Gasteiger charge is -2.43. The van der Waals surface area contributed by atoms with E-state index < -0.39 is 32.6 Å². The molecule has 39 heavy (non-hydrogen) atoms. The van der Waals surface area contributed by atoms with E-state index >= 15 is 0 Å². The molecule has 210 valence electrons. The van der Waals surface area contributed by atoms with Crippen molar-refractivity contribution in [3.05, 3.63) is 54.1 Å². The van der Waals surface area contributed by atoms with Crippen LogP contribution in [0.5, 0.6) is 5.75 Å². The number of anilines is 1. The minimum absolute atomic E-state index is 0.0116. The van der Waals surface area contributed by atoms with Gasteiger partial charge in [-0.2, -0.15) is 13.2 Å². The van der Waals surface area contributed by atoms with Crippen LogP contribution in [0.3, 0.4) is 0 Å². The van der Waals surface area contributed by atoms with E-state index in [1.165, 1.54) is 17.5 Å². The number of hydrogen-bond donors (Lipinski definition) is 1. The molecule has 3 aliphatic rings. The number of amidine groups is 1. The number of hydrogen-bond acceptors (Lipinski definition) is 5. The molecule has 1 unspecified atom stereocenters. The van der Waals surface area contributed by atoms with Gasteiger partial charge in [0, 0.05) is 25.2 Å². The molecule has 1 saturated carbocycles. The predicted octanol–water partition coefficient (Wildman–Crippen LogP) is 5.41. The van der Waals surface area contributed by atoms with Gasteiger partial charge >= 0.3 is 12.2 Å². The van der Waals surface area contributed by atoms with E-state index in [1.807, 2.05) is 0 Å². The summed E-state index contributed by atoms with van der Waals surface area (Å²) in [7, 11) is -2.66. The second-order valence-corrected chi connectivity index (χ2v) is 12.1. The highest BCUT2D eigenvalue weighted by Crippen LogP contribution is 2.41. The Morgan fingerprint density at radius 3 is 2.44 bits per heavy atom. The average Bonchev–Trinajstić information content (AvgIpc) is 3.18. The van der Waals surface area contributed by atoms with E-state index in [1.54, 1.807) is 29.2 Å². The lowest BCUT2D eigenvalue weighted by molar-refractivity contribution is -0.137. The van der Waals surface area contributed by atoms with Crippen LogP contribution in [0, 0.1) is 0 Å². The number of aliphatic imine (C=N–C) groups is 1. The molecule has 1 atom stereocenters. The Morgan fingerprint density at radius 2 is 1.77 bits per heavy atom. The van der Waals surface area contributed by atoms with Crippen LogP contribution in [0.2, 0.25) is 0 Å². The van der Waals surface area contributed by atoms with Gasteiger partial charge in [0.25, 0.3) is 0 Å². The monoisotopic (exact) mass is 564 g/mol. The van der Waals surface area contributed by atoms with E-state index in [9.17, 15) is 26.7 Å². The van der Waals surface area contributed by atoms with Gasteiger partial charge in [0.2, 0.25) is 0 Å². The first kappa shape index (κ1) is 27.6. The largest absolute Gasteiger partial charge is 0.593 e. The average molecular weight is 565 g/mol. The van der Waals surface area contributed by atoms with Gasteiger partial charge in [0.15, 0.2) is 15.3 Å². The van der Waals surface area contributed by atoms with Crippen molar-refractivity contribution in [2.24, 2.45) is 4.99 Å². The van der Waals surface area contributed by atoms with E-state index in [2.05, 4.69) is 5.32 Å². The molecule has 3 fully saturated rings. The summed E-state index contributed by atoms with van der Waals surface area (Å²) in [5.74, 6) is 1.09. The second-order valence-electron chi connectivity index (χ2n) is 10.2. The zero-order valence-corrected chi connectivity index (χ0v) is 22.4. The molecule has 2 aromatic rings. The molecule has 12 heteroatoms. The molecular formula is C27H31F3N4O4S. The molecule has 2 aliphatic heterocycles. The standard InChI is InChI=1S/C27H31F3N4O4S/c1-38-22-11-6-10-21(18-22)34-25(35)32-24(31-20-8-3-2-4-9-20)26(34)13-15-33(16-14-26)39(36,37)23-12-5-7-19(17-23)27(28,29)30/h5-7,10-12,17-18,20H,2-4,8-9,13-16H2,1H3,(H-,31,32,35,36,37). The molecule has 5 rings (SSSR count). The molecule has 0 bridgehead atoms. The number of urea groups is 1. The van der Waals surface area contributed by atoms with E-state index in [4.69, 9.17) is 9.73 Å². The van der Waals surface area contributed by atoms with Crippen molar-refractivity contribution in [1.29, 1.82) is 0 Å². The second kappa shape index (κ2) is 10.5. The third-order valence-electron chi connectivity index (χ3n) is 7.84. The Balaban J connectivity index is 1.47. The first-order valence-electron chi connectivity index (χ1n) is 13.1. The molecule has 1 N–H and O–H groups in total. The highest BCUT2D eigenvalue weighted by atomic mass is 32.3. The van der Waals surface area contributed by atoms with Gasteiger partial charge in [-0.25, -0.2) is 4.79 Å². The molecule has 1 spiro atoms. The summed E-state index contributed by atoms with van der Waals surface area (Å²) < 4.78 is 73.1. The molecule has 8 nitrogen and oxygen atoms in total. The number of ether oxygens (including phenoxy) is 1. The Hall–Kier alpha value is -2.96. The van der Waals surface area contributed by atoms with Crippen LogP contribution in [-0.2, 0) is 20.8 Å². The number of nitrogens with one attached hydrogen (secondary N) is 1. The number of carbonyl (C=O) groups excluding carboxylic acids is 1. The zero-order chi connectivity index (χ0) is 27.8. The van der Waals surface area contributed by atoms with Crippen LogP contribution in [0.4, 0.5) is 23.7 Å². The van der Waals surface area contributed by atoms with Crippen LogP contribution in [0.15, 0.2) is 58.4 Å². The van der Waals surface area contributed by atoms with Crippen molar-refractivity contribution in [3.8, 4) is 5.75 Å². The molecule has 1 aliphatic carbocycles. The van der Waals surface area contributed by atoms with Crippen LogP contribution in [0.25, 0.3) is 0 Å². The predicted molar refractivity (Wildman–Crippen MR) is 140 cm³/mol. The number of piperidine rings is 1. The molecule has 0 aromatic heterocycles. The molecule has 2 heterocycles. The van der Waals surface area contributed by atoms with Gasteiger partial charge in [0.05, 0.1) is 24.4 Å².